The number of phenolic OH excluding ortho intramolecular Hbond substituents is 1. The Balaban J connectivity index is 2.65. The average Bonchev–Trinajstić information content (AvgIpc) is 2.34. The third-order valence-corrected chi connectivity index (χ3v) is 3.55. The molecular formula is C13H11IO3. The Labute approximate surface area is 113 Å². The lowest BCUT2D eigenvalue weighted by atomic mass is 10.1. The Bertz CT molecular complexity index is 578. The lowest BCUT2D eigenvalue weighted by Gasteiger charge is -2.09. The molecule has 4 heteroatoms. The first-order valence-corrected chi connectivity index (χ1v) is 6.30. The summed E-state index contributed by atoms with van der Waals surface area (Å²) >= 11 is 2.03. The molecular weight excluding hydrogens is 331 g/mol. The van der Waals surface area contributed by atoms with Gasteiger partial charge in [-0.15, -0.1) is 0 Å². The van der Waals surface area contributed by atoms with Crippen LogP contribution in [0.25, 0.3) is 10.8 Å². The van der Waals surface area contributed by atoms with Crippen LogP contribution >= 0.6 is 22.6 Å². The molecule has 17 heavy (non-hydrogen) atoms. The lowest BCUT2D eigenvalue weighted by molar-refractivity contribution is 0.0523. The van der Waals surface area contributed by atoms with E-state index in [1.165, 1.54) is 0 Å². The van der Waals surface area contributed by atoms with E-state index in [2.05, 4.69) is 0 Å². The predicted molar refractivity (Wildman–Crippen MR) is 74.3 cm³/mol. The van der Waals surface area contributed by atoms with Crippen LogP contribution in [0, 0.1) is 3.57 Å². The van der Waals surface area contributed by atoms with Crippen LogP contribution in [0.2, 0.25) is 0 Å². The number of hydrogen-bond acceptors (Lipinski definition) is 3. The van der Waals surface area contributed by atoms with Crippen molar-refractivity contribution in [2.75, 3.05) is 6.61 Å². The van der Waals surface area contributed by atoms with Gasteiger partial charge in [0.05, 0.1) is 10.2 Å². The van der Waals surface area contributed by atoms with Crippen LogP contribution in [0.5, 0.6) is 5.75 Å². The number of halogens is 1. The van der Waals surface area contributed by atoms with Crippen LogP contribution in [-0.2, 0) is 4.74 Å². The minimum Gasteiger partial charge on any atom is -0.506 e. The SMILES string of the molecule is CCOC(=O)c1cc2ccccc2c(I)c1O. The monoisotopic (exact) mass is 342 g/mol. The summed E-state index contributed by atoms with van der Waals surface area (Å²) in [4.78, 5) is 11.7. The maximum atomic E-state index is 11.7. The van der Waals surface area contributed by atoms with Gasteiger partial charge in [-0.2, -0.15) is 0 Å². The summed E-state index contributed by atoms with van der Waals surface area (Å²) in [7, 11) is 0. The third-order valence-electron chi connectivity index (χ3n) is 2.46. The maximum absolute atomic E-state index is 11.7. The van der Waals surface area contributed by atoms with E-state index >= 15 is 0 Å². The first kappa shape index (κ1) is 12.2. The van der Waals surface area contributed by atoms with Crippen molar-refractivity contribution in [1.29, 1.82) is 0 Å². The van der Waals surface area contributed by atoms with Crippen molar-refractivity contribution in [3.8, 4) is 5.75 Å². The lowest BCUT2D eigenvalue weighted by Crippen LogP contribution is -2.05. The predicted octanol–water partition coefficient (Wildman–Crippen LogP) is 3.33. The van der Waals surface area contributed by atoms with Gasteiger partial charge in [0, 0.05) is 0 Å². The highest BCUT2D eigenvalue weighted by Gasteiger charge is 2.17. The largest absolute Gasteiger partial charge is 0.506 e. The molecule has 0 fully saturated rings. The van der Waals surface area contributed by atoms with Crippen molar-refractivity contribution < 1.29 is 14.6 Å². The molecule has 3 nitrogen and oxygen atoms in total. The van der Waals surface area contributed by atoms with Crippen molar-refractivity contribution in [3.63, 3.8) is 0 Å². The molecule has 0 saturated heterocycles. The molecule has 0 bridgehead atoms. The van der Waals surface area contributed by atoms with Gasteiger partial charge in [0.1, 0.15) is 11.3 Å². The number of rotatable bonds is 2. The quantitative estimate of drug-likeness (QED) is 0.673. The van der Waals surface area contributed by atoms with Gasteiger partial charge in [-0.25, -0.2) is 4.79 Å². The number of benzene rings is 2. The Kier molecular flexibility index (Phi) is 3.51. The molecule has 0 radical (unpaired) electrons. The van der Waals surface area contributed by atoms with Gasteiger partial charge in [-0.1, -0.05) is 24.3 Å². The van der Waals surface area contributed by atoms with Crippen molar-refractivity contribution in [1.82, 2.24) is 0 Å². The summed E-state index contributed by atoms with van der Waals surface area (Å²) in [6, 6.07) is 9.26. The second-order valence-electron chi connectivity index (χ2n) is 3.53. The highest BCUT2D eigenvalue weighted by atomic mass is 127. The van der Waals surface area contributed by atoms with Gasteiger partial charge in [0.25, 0.3) is 0 Å². The number of carbonyl (C=O) groups excluding carboxylic acids is 1. The number of carbonyl (C=O) groups is 1. The van der Waals surface area contributed by atoms with Crippen LogP contribution in [-0.4, -0.2) is 17.7 Å². The van der Waals surface area contributed by atoms with Crippen LogP contribution < -0.4 is 0 Å². The Morgan fingerprint density at radius 3 is 2.82 bits per heavy atom. The number of hydrogen-bond donors (Lipinski definition) is 1. The van der Waals surface area contributed by atoms with E-state index in [1.807, 2.05) is 46.9 Å². The molecule has 0 aliphatic rings. The van der Waals surface area contributed by atoms with Crippen molar-refractivity contribution >= 4 is 39.3 Å². The molecule has 0 saturated carbocycles. The van der Waals surface area contributed by atoms with Crippen LogP contribution in [0.15, 0.2) is 30.3 Å². The molecule has 0 aliphatic carbocycles. The van der Waals surface area contributed by atoms with Gasteiger partial charge in [0.15, 0.2) is 0 Å². The minimum absolute atomic E-state index is 0.0113. The summed E-state index contributed by atoms with van der Waals surface area (Å²) in [5, 5.41) is 11.8. The van der Waals surface area contributed by atoms with Gasteiger partial charge in [-0.05, 0) is 46.4 Å². The normalized spacial score (nSPS) is 10.5. The number of ether oxygens (including phenoxy) is 1. The molecule has 0 amide bonds. The maximum Gasteiger partial charge on any atom is 0.341 e. The fourth-order valence-electron chi connectivity index (χ4n) is 1.66. The average molecular weight is 342 g/mol. The molecule has 0 unspecified atom stereocenters. The highest BCUT2D eigenvalue weighted by molar-refractivity contribution is 14.1. The van der Waals surface area contributed by atoms with Gasteiger partial charge < -0.3 is 9.84 Å². The molecule has 2 rings (SSSR count). The summed E-state index contributed by atoms with van der Waals surface area (Å²) in [6.45, 7) is 2.03. The molecule has 0 aliphatic heterocycles. The zero-order chi connectivity index (χ0) is 12.4. The zero-order valence-electron chi connectivity index (χ0n) is 9.24. The van der Waals surface area contributed by atoms with Gasteiger partial charge >= 0.3 is 5.97 Å². The molecule has 0 heterocycles. The number of aromatic hydroxyl groups is 1. The molecule has 1 N–H and O–H groups in total. The number of esters is 1. The molecule has 88 valence electrons. The standard InChI is InChI=1S/C13H11IO3/c1-2-17-13(16)10-7-8-5-3-4-6-9(8)11(14)12(10)15/h3-7,15H,2H2,1H3. The van der Waals surface area contributed by atoms with E-state index < -0.39 is 5.97 Å². The summed E-state index contributed by atoms with van der Waals surface area (Å²) in [5.74, 6) is -0.503. The second-order valence-corrected chi connectivity index (χ2v) is 4.61. The Morgan fingerprint density at radius 1 is 1.41 bits per heavy atom. The van der Waals surface area contributed by atoms with E-state index in [-0.39, 0.29) is 11.3 Å². The smallest absolute Gasteiger partial charge is 0.341 e. The molecule has 0 spiro atoms. The fraction of sp³-hybridized carbons (Fsp3) is 0.154. The highest BCUT2D eigenvalue weighted by Crippen LogP contribution is 2.32. The molecule has 0 atom stereocenters. The number of fused-ring (bicyclic) bond motifs is 1. The number of phenols is 1. The molecule has 2 aromatic carbocycles. The second kappa shape index (κ2) is 4.91. The van der Waals surface area contributed by atoms with E-state index in [0.29, 0.717) is 10.2 Å². The Hall–Kier alpha value is -1.30. The van der Waals surface area contributed by atoms with E-state index in [4.69, 9.17) is 4.74 Å². The summed E-state index contributed by atoms with van der Waals surface area (Å²) < 4.78 is 5.58. The zero-order valence-corrected chi connectivity index (χ0v) is 11.4. The van der Waals surface area contributed by atoms with Gasteiger partial charge in [0.2, 0.25) is 0 Å². The topological polar surface area (TPSA) is 46.5 Å². The molecule has 2 aromatic rings. The molecule has 0 aromatic heterocycles. The van der Waals surface area contributed by atoms with Gasteiger partial charge in [-0.3, -0.25) is 0 Å². The summed E-state index contributed by atoms with van der Waals surface area (Å²) in [5.41, 5.74) is 0.218. The minimum atomic E-state index is -0.492. The van der Waals surface area contributed by atoms with Crippen molar-refractivity contribution in [3.05, 3.63) is 39.5 Å². The van der Waals surface area contributed by atoms with E-state index in [0.717, 1.165) is 10.8 Å². The van der Waals surface area contributed by atoms with Crippen LogP contribution in [0.4, 0.5) is 0 Å². The van der Waals surface area contributed by atoms with E-state index in [9.17, 15) is 9.90 Å². The van der Waals surface area contributed by atoms with Crippen LogP contribution in [0.1, 0.15) is 17.3 Å². The Morgan fingerprint density at radius 2 is 2.12 bits per heavy atom. The van der Waals surface area contributed by atoms with Crippen molar-refractivity contribution in [2.24, 2.45) is 0 Å². The first-order valence-electron chi connectivity index (χ1n) is 5.22. The summed E-state index contributed by atoms with van der Waals surface area (Å²) in [6.07, 6.45) is 0. The fourth-order valence-corrected chi connectivity index (χ4v) is 2.44. The first-order chi connectivity index (χ1) is 8.15. The van der Waals surface area contributed by atoms with Crippen molar-refractivity contribution in [2.45, 2.75) is 6.92 Å². The van der Waals surface area contributed by atoms with Crippen LogP contribution in [0.3, 0.4) is 0 Å². The van der Waals surface area contributed by atoms with E-state index in [1.54, 1.807) is 13.0 Å². The third kappa shape index (κ3) is 2.22.